The van der Waals surface area contributed by atoms with Gasteiger partial charge >= 0.3 is 64.0 Å². The molecule has 1 aromatic carbocycles. The van der Waals surface area contributed by atoms with Gasteiger partial charge in [0, 0.05) is 6.07 Å². The van der Waals surface area contributed by atoms with E-state index in [1.54, 1.807) is 0 Å². The number of ether oxygens (including phenoxy) is 1. The summed E-state index contributed by atoms with van der Waals surface area (Å²) in [5.74, 6) is -0.373. The molecule has 0 fully saturated rings. The van der Waals surface area contributed by atoms with Crippen LogP contribution in [-0.2, 0) is 0 Å². The number of hydrogen-bond donors (Lipinski definition) is 0. The van der Waals surface area contributed by atoms with Gasteiger partial charge in [-0.25, -0.2) is 0 Å². The van der Waals surface area contributed by atoms with Crippen molar-refractivity contribution in [3.05, 3.63) is 34.4 Å². The molecule has 0 aromatic heterocycles. The van der Waals surface area contributed by atoms with E-state index in [0.29, 0.717) is 0 Å². The molecular formula is C7H6BF3KNO3. The average molecular weight is 259 g/mol. The van der Waals surface area contributed by atoms with Crippen LogP contribution in [0.4, 0.5) is 18.6 Å². The average Bonchev–Trinajstić information content (AvgIpc) is 2.14. The van der Waals surface area contributed by atoms with E-state index < -0.39 is 24.1 Å². The molecule has 0 N–H and O–H groups in total. The van der Waals surface area contributed by atoms with Crippen molar-refractivity contribution >= 4 is 12.7 Å². The van der Waals surface area contributed by atoms with Gasteiger partial charge in [-0.15, -0.1) is 0 Å². The summed E-state index contributed by atoms with van der Waals surface area (Å²) in [7, 11) is 0. The SMILES string of the molecule is O=[N+]([O-])c1ccccc1OC[B-](F)(F)F.[K+]. The van der Waals surface area contributed by atoms with Crippen molar-refractivity contribution in [2.45, 2.75) is 0 Å². The van der Waals surface area contributed by atoms with Crippen LogP contribution >= 0.6 is 0 Å². The van der Waals surface area contributed by atoms with Crippen molar-refractivity contribution in [3.63, 3.8) is 0 Å². The molecule has 0 unspecified atom stereocenters. The van der Waals surface area contributed by atoms with E-state index in [1.165, 1.54) is 12.1 Å². The number of rotatable bonds is 4. The van der Waals surface area contributed by atoms with Crippen LogP contribution in [0.25, 0.3) is 0 Å². The molecule has 0 aliphatic carbocycles. The first-order valence-corrected chi connectivity index (χ1v) is 3.97. The minimum absolute atomic E-state index is 0. The molecule has 16 heavy (non-hydrogen) atoms. The molecule has 0 radical (unpaired) electrons. The van der Waals surface area contributed by atoms with Crippen molar-refractivity contribution in [2.24, 2.45) is 0 Å². The van der Waals surface area contributed by atoms with Gasteiger partial charge in [0.25, 0.3) is 0 Å². The number of hydrogen-bond acceptors (Lipinski definition) is 3. The minimum Gasteiger partial charge on any atom is -0.517 e. The summed E-state index contributed by atoms with van der Waals surface area (Å²) in [5.41, 5.74) is -0.474. The third kappa shape index (κ3) is 5.30. The van der Waals surface area contributed by atoms with Gasteiger partial charge in [0.05, 0.1) is 11.4 Å². The van der Waals surface area contributed by atoms with Crippen molar-refractivity contribution < 1.29 is 74.0 Å². The molecule has 1 rings (SSSR count). The van der Waals surface area contributed by atoms with Crippen molar-refractivity contribution in [1.29, 1.82) is 0 Å². The van der Waals surface area contributed by atoms with Crippen molar-refractivity contribution in [3.8, 4) is 5.75 Å². The molecule has 1 aromatic rings. The maximum atomic E-state index is 11.8. The van der Waals surface area contributed by atoms with Gasteiger partial charge in [0.15, 0.2) is 5.75 Å². The second kappa shape index (κ2) is 6.60. The Labute approximate surface area is 132 Å². The molecule has 0 aliphatic rings. The smallest absolute Gasteiger partial charge is 0.517 e. The molecule has 0 heterocycles. The Kier molecular flexibility index (Phi) is 6.56. The molecule has 4 nitrogen and oxygen atoms in total. The summed E-state index contributed by atoms with van der Waals surface area (Å²) >= 11 is 0. The molecule has 0 spiro atoms. The Bertz CT molecular complexity index is 374. The number of benzene rings is 1. The van der Waals surface area contributed by atoms with Crippen LogP contribution in [0.5, 0.6) is 5.75 Å². The van der Waals surface area contributed by atoms with E-state index >= 15 is 0 Å². The normalized spacial score (nSPS) is 10.4. The summed E-state index contributed by atoms with van der Waals surface area (Å²) in [6.07, 6.45) is 0. The zero-order valence-electron chi connectivity index (χ0n) is 8.40. The van der Waals surface area contributed by atoms with Crippen LogP contribution in [0.1, 0.15) is 0 Å². The van der Waals surface area contributed by atoms with Gasteiger partial charge < -0.3 is 17.7 Å². The van der Waals surface area contributed by atoms with E-state index in [4.69, 9.17) is 0 Å². The van der Waals surface area contributed by atoms with Crippen LogP contribution in [-0.4, -0.2) is 18.4 Å². The molecule has 82 valence electrons. The number of nitro groups is 1. The number of nitro benzene ring substituents is 1. The molecule has 0 bridgehead atoms. The molecule has 0 saturated carbocycles. The molecule has 0 atom stereocenters. The zero-order valence-corrected chi connectivity index (χ0v) is 11.5. The van der Waals surface area contributed by atoms with Crippen LogP contribution in [0.2, 0.25) is 0 Å². The first-order valence-electron chi connectivity index (χ1n) is 3.97. The van der Waals surface area contributed by atoms with Crippen molar-refractivity contribution in [1.82, 2.24) is 0 Å². The summed E-state index contributed by atoms with van der Waals surface area (Å²) in [5, 5.41) is 10.4. The second-order valence-corrected chi connectivity index (χ2v) is 2.75. The Morgan fingerprint density at radius 3 is 2.38 bits per heavy atom. The van der Waals surface area contributed by atoms with Gasteiger partial charge in [-0.05, 0) is 6.07 Å². The fourth-order valence-electron chi connectivity index (χ4n) is 0.914. The number of nitrogens with zero attached hydrogens (tertiary/aromatic N) is 1. The van der Waals surface area contributed by atoms with Crippen LogP contribution in [0.3, 0.4) is 0 Å². The maximum Gasteiger partial charge on any atom is 1.00 e. The maximum absolute atomic E-state index is 11.8. The fraction of sp³-hybridized carbons (Fsp3) is 0.143. The first kappa shape index (κ1) is 15.9. The first-order chi connectivity index (χ1) is 6.90. The minimum atomic E-state index is -5.11. The molecule has 0 aliphatic heterocycles. The standard InChI is InChI=1S/C7H6BF3NO3.K/c9-8(10,11)5-15-7-4-2-1-3-6(7)12(13)14;/h1-4H,5H2;/q-1;+1. The van der Waals surface area contributed by atoms with Gasteiger partial charge in [-0.1, -0.05) is 12.1 Å². The zero-order chi connectivity index (χ0) is 11.5. The predicted molar refractivity (Wildman–Crippen MR) is 47.7 cm³/mol. The fourth-order valence-corrected chi connectivity index (χ4v) is 0.914. The summed E-state index contributed by atoms with van der Waals surface area (Å²) in [6, 6.07) is 4.92. The van der Waals surface area contributed by atoms with Gasteiger partial charge in [-0.3, -0.25) is 10.1 Å². The Hall–Kier alpha value is -0.0887. The topological polar surface area (TPSA) is 52.4 Å². The third-order valence-electron chi connectivity index (χ3n) is 1.49. The van der Waals surface area contributed by atoms with E-state index in [2.05, 4.69) is 4.74 Å². The van der Waals surface area contributed by atoms with Crippen molar-refractivity contribution in [2.75, 3.05) is 6.51 Å². The number of halogens is 3. The quantitative estimate of drug-likeness (QED) is 0.411. The Morgan fingerprint density at radius 1 is 1.31 bits per heavy atom. The summed E-state index contributed by atoms with van der Waals surface area (Å²) < 4.78 is 39.8. The largest absolute Gasteiger partial charge is 1.00 e. The van der Waals surface area contributed by atoms with Crippen LogP contribution in [0, 0.1) is 10.1 Å². The van der Waals surface area contributed by atoms with Gasteiger partial charge in [-0.2, -0.15) is 0 Å². The Balaban J connectivity index is 0.00000225. The monoisotopic (exact) mass is 259 g/mol. The third-order valence-corrected chi connectivity index (χ3v) is 1.49. The molecule has 9 heteroatoms. The number of para-hydroxylation sites is 2. The summed E-state index contributed by atoms with van der Waals surface area (Å²) in [4.78, 5) is 9.60. The second-order valence-electron chi connectivity index (χ2n) is 2.75. The van der Waals surface area contributed by atoms with E-state index in [9.17, 15) is 23.1 Å². The van der Waals surface area contributed by atoms with Gasteiger partial charge in [0.2, 0.25) is 0 Å². The van der Waals surface area contributed by atoms with E-state index in [1.807, 2.05) is 0 Å². The van der Waals surface area contributed by atoms with E-state index in [-0.39, 0.29) is 57.1 Å². The summed E-state index contributed by atoms with van der Waals surface area (Å²) in [6.45, 7) is -6.59. The Morgan fingerprint density at radius 2 is 1.88 bits per heavy atom. The van der Waals surface area contributed by atoms with Crippen LogP contribution < -0.4 is 56.1 Å². The van der Waals surface area contributed by atoms with E-state index in [0.717, 1.165) is 12.1 Å². The molecule has 0 saturated heterocycles. The molecular weight excluding hydrogens is 253 g/mol. The van der Waals surface area contributed by atoms with Gasteiger partial charge in [0.1, 0.15) is 0 Å². The predicted octanol–water partition coefficient (Wildman–Crippen LogP) is -0.636. The van der Waals surface area contributed by atoms with Crippen LogP contribution in [0.15, 0.2) is 24.3 Å². The molecule has 0 amide bonds.